The second-order valence-corrected chi connectivity index (χ2v) is 36.5. The van der Waals surface area contributed by atoms with Gasteiger partial charge < -0.3 is 69.4 Å². The third-order valence-corrected chi connectivity index (χ3v) is 26.6. The van der Waals surface area contributed by atoms with E-state index in [1.807, 2.05) is 186 Å². The number of likely N-dealkylation sites (N-methyl/N-ethyl adjacent to an activating group) is 3. The Kier molecular flexibility index (Phi) is 29.1. The Morgan fingerprint density at radius 2 is 0.784 bits per heavy atom. The van der Waals surface area contributed by atoms with Gasteiger partial charge in [-0.25, -0.2) is 49.0 Å². The summed E-state index contributed by atoms with van der Waals surface area (Å²) >= 11 is 0. The summed E-state index contributed by atoms with van der Waals surface area (Å²) in [6, 6.07) is 49.4. The first-order chi connectivity index (χ1) is 67.2. The summed E-state index contributed by atoms with van der Waals surface area (Å²) in [5.74, 6) is 4.97. The number of hydrogen-bond donors (Lipinski definition) is 3. The molecule has 0 bridgehead atoms. The first kappa shape index (κ1) is 95.6. The molecule has 4 saturated heterocycles. The van der Waals surface area contributed by atoms with Crippen molar-refractivity contribution in [2.24, 2.45) is 0 Å². The molecule has 19 rings (SSSR count). The standard InChI is InChI=1S/C39H47N9O3.C34H42N10O3.C31H34N8O2/c1-27-7-6-8-28(2)36(27)47-26-31-24-40-38(41-32-11-9-30(10-12-32)25-44-17-15-43(4)16-18-44)42-37(31)48(39(47)50)34-14-13-33(23-35(34)51-5)46-21-19-45(20-22-46)29(3)49;1-23-8-7-9-24(2)31(23)43-21-26-19-35-33(37-27-20-36-42(22-27)17-12-39(4)5)38-32(26)44(34(43)46)29-11-10-28(18-30(29)47-6)41-15-13-40(14-16-41)25(3)45;1-21-6-5-7-22(2)28(21)38-20-23-18-33-30(34-24-8-10-25(11-9-24)37-16-14-36(3)15-17-37)35-29(23)39(31(38)40)27-13-12-26(41-4)19-32-27/h6-14,23-24H,15-22,25-26H2,1-5H3,(H,40,41,42);7-11,18-20,22H,12-17,21H2,1-6H3,(H,35,37,38);5-13,18-19H,14-17,20H2,1-4H3,(H,33,34,35). The lowest BCUT2D eigenvalue weighted by Gasteiger charge is -2.38. The van der Waals surface area contributed by atoms with Crippen LogP contribution in [0, 0.1) is 41.5 Å². The Balaban J connectivity index is 0.000000145. The number of ether oxygens (including phenoxy) is 3. The molecule has 7 aromatic carbocycles. The lowest BCUT2D eigenvalue weighted by Crippen LogP contribution is -2.48. The molecule has 8 amide bonds. The van der Waals surface area contributed by atoms with Crippen LogP contribution in [0.5, 0.6) is 17.2 Å². The number of urea groups is 3. The summed E-state index contributed by atoms with van der Waals surface area (Å²) in [6.45, 7) is 32.8. The van der Waals surface area contributed by atoms with Crippen molar-refractivity contribution in [3.63, 3.8) is 0 Å². The predicted molar refractivity (Wildman–Crippen MR) is 547 cm³/mol. The third-order valence-electron chi connectivity index (χ3n) is 26.6. The van der Waals surface area contributed by atoms with E-state index < -0.39 is 0 Å². The highest BCUT2D eigenvalue weighted by atomic mass is 16.5. The van der Waals surface area contributed by atoms with Crippen molar-refractivity contribution >= 4 is 134 Å². The van der Waals surface area contributed by atoms with E-state index in [1.54, 1.807) is 101 Å². The van der Waals surface area contributed by atoms with E-state index in [4.69, 9.17) is 34.1 Å². The number of benzene rings is 7. The highest BCUT2D eigenvalue weighted by Gasteiger charge is 2.42. The smallest absolute Gasteiger partial charge is 0.336 e. The lowest BCUT2D eigenvalue weighted by molar-refractivity contribution is -0.129. The van der Waals surface area contributed by atoms with Gasteiger partial charge >= 0.3 is 18.1 Å². The predicted octanol–water partition coefficient (Wildman–Crippen LogP) is 15.4. The Morgan fingerprint density at radius 1 is 0.403 bits per heavy atom. The van der Waals surface area contributed by atoms with Crippen LogP contribution in [0.1, 0.15) is 69.5 Å². The quantitative estimate of drug-likeness (QED) is 0.0536. The van der Waals surface area contributed by atoms with E-state index >= 15 is 0 Å². The maximum absolute atomic E-state index is 14.7. The van der Waals surface area contributed by atoms with Gasteiger partial charge in [0, 0.05) is 214 Å². The number of hydrogen-bond acceptors (Lipinski definition) is 26. The van der Waals surface area contributed by atoms with Crippen LogP contribution >= 0.6 is 0 Å². The molecule has 0 aliphatic carbocycles. The van der Waals surface area contributed by atoms with E-state index in [0.29, 0.717) is 142 Å². The zero-order valence-electron chi connectivity index (χ0n) is 82.0. The number of pyridine rings is 1. The van der Waals surface area contributed by atoms with Gasteiger partial charge in [-0.1, -0.05) is 66.7 Å². The van der Waals surface area contributed by atoms with Crippen LogP contribution in [-0.4, -0.2) is 265 Å². The fourth-order valence-corrected chi connectivity index (χ4v) is 18.8. The maximum Gasteiger partial charge on any atom is 0.336 e. The first-order valence-corrected chi connectivity index (χ1v) is 47.2. The minimum Gasteiger partial charge on any atom is -0.495 e. The Labute approximate surface area is 812 Å². The highest BCUT2D eigenvalue weighted by molar-refractivity contribution is 6.14. The molecule has 3 N–H and O–H groups in total. The van der Waals surface area contributed by atoms with Crippen molar-refractivity contribution in [2.75, 3.05) is 221 Å². The van der Waals surface area contributed by atoms with Crippen LogP contribution in [-0.2, 0) is 42.3 Å². The number of amides is 8. The lowest BCUT2D eigenvalue weighted by atomic mass is 10.1. The number of fused-ring (bicyclic) bond motifs is 3. The number of rotatable bonds is 23. The van der Waals surface area contributed by atoms with Crippen LogP contribution in [0.15, 0.2) is 189 Å². The zero-order chi connectivity index (χ0) is 97.4. The molecular formula is C104H123N27O8. The Hall–Kier alpha value is -15.1. The molecule has 4 fully saturated rings. The van der Waals surface area contributed by atoms with Gasteiger partial charge in [-0.3, -0.25) is 33.9 Å². The molecule has 0 unspecified atom stereocenters. The molecule has 0 spiro atoms. The van der Waals surface area contributed by atoms with Gasteiger partial charge in [0.25, 0.3) is 0 Å². The summed E-state index contributed by atoms with van der Waals surface area (Å²) in [7, 11) is 13.2. The molecule has 722 valence electrons. The molecule has 35 nitrogen and oxygen atoms in total. The van der Waals surface area contributed by atoms with Crippen LogP contribution < -0.4 is 74.3 Å². The minimum atomic E-state index is -0.239. The van der Waals surface area contributed by atoms with Gasteiger partial charge in [-0.15, -0.1) is 0 Å². The van der Waals surface area contributed by atoms with E-state index in [2.05, 4.69) is 121 Å². The summed E-state index contributed by atoms with van der Waals surface area (Å²) in [6.07, 6.45) is 10.6. The second kappa shape index (κ2) is 42.3. The van der Waals surface area contributed by atoms with Crippen molar-refractivity contribution in [1.29, 1.82) is 0 Å². The third kappa shape index (κ3) is 21.4. The molecule has 7 aliphatic rings. The summed E-state index contributed by atoms with van der Waals surface area (Å²) in [5.41, 5.74) is 19.1. The second-order valence-electron chi connectivity index (χ2n) is 36.5. The summed E-state index contributed by atoms with van der Waals surface area (Å²) in [4.78, 5) is 130. The molecule has 139 heavy (non-hydrogen) atoms. The molecule has 5 aromatic heterocycles. The Bertz CT molecular complexity index is 6390. The number of methoxy groups -OCH3 is 3. The average Bonchev–Trinajstić information content (AvgIpc) is 0.801. The fraction of sp³-hybridized carbons (Fsp3) is 0.356. The van der Waals surface area contributed by atoms with E-state index in [-0.39, 0.29) is 29.9 Å². The molecule has 0 radical (unpaired) electrons. The number of carbonyl (C=O) groups excluding carboxylic acids is 5. The van der Waals surface area contributed by atoms with E-state index in [1.165, 1.54) is 11.3 Å². The Morgan fingerprint density at radius 3 is 1.18 bits per heavy atom. The van der Waals surface area contributed by atoms with Crippen molar-refractivity contribution in [3.8, 4) is 17.2 Å². The largest absolute Gasteiger partial charge is 0.495 e. The zero-order valence-corrected chi connectivity index (χ0v) is 82.0. The number of aromatic nitrogens is 9. The van der Waals surface area contributed by atoms with Crippen molar-refractivity contribution in [1.82, 2.24) is 74.1 Å². The molecule has 7 aliphatic heterocycles. The molecular weight excluding hydrogens is 1760 g/mol. The average molecular weight is 1880 g/mol. The molecule has 0 saturated carbocycles. The SMILES string of the molecule is COc1cc(N2CCN(C(C)=O)CC2)ccc1N1C(=O)N(c2c(C)cccc2C)Cc2cnc(Nc3ccc(CN4CCN(C)CC4)cc3)nc21.COc1cc(N2CCN(C(C)=O)CC2)ccc1N1C(=O)N(c2c(C)cccc2C)Cc2cnc(Nc3cnn(CCN(C)C)c3)nc21.COc1ccc(N2C(=O)N(c3c(C)cccc3C)Cc3cnc(Nc4ccc(N5CCN(C)CC5)cc4)nc32)nc1. The van der Waals surface area contributed by atoms with Gasteiger partial charge in [-0.2, -0.15) is 20.1 Å². The normalized spacial score (nSPS) is 15.9. The number of para-hydroxylation sites is 3. The van der Waals surface area contributed by atoms with E-state index in [0.717, 1.165) is 168 Å². The van der Waals surface area contributed by atoms with Crippen LogP contribution in [0.2, 0.25) is 0 Å². The summed E-state index contributed by atoms with van der Waals surface area (Å²) in [5, 5.41) is 14.4. The number of nitrogens with zero attached hydrogens (tertiary/aromatic N) is 24. The van der Waals surface area contributed by atoms with Gasteiger partial charge in [0.15, 0.2) is 17.5 Å². The van der Waals surface area contributed by atoms with Crippen molar-refractivity contribution < 1.29 is 38.2 Å². The first-order valence-electron chi connectivity index (χ1n) is 47.2. The van der Waals surface area contributed by atoms with Crippen molar-refractivity contribution in [2.45, 2.75) is 88.1 Å². The number of anilines is 18. The molecule has 35 heteroatoms. The maximum atomic E-state index is 14.7. The number of carbonyl (C=O) groups is 5. The monoisotopic (exact) mass is 1880 g/mol. The molecule has 12 aromatic rings. The van der Waals surface area contributed by atoms with Gasteiger partial charge in [0.1, 0.15) is 23.1 Å². The van der Waals surface area contributed by atoms with Gasteiger partial charge in [0.2, 0.25) is 29.7 Å². The number of aryl methyl sites for hydroxylation is 6. The number of nitrogens with one attached hydrogen (secondary N) is 3. The number of piperazine rings is 4. The summed E-state index contributed by atoms with van der Waals surface area (Å²) < 4.78 is 19.1. The highest BCUT2D eigenvalue weighted by Crippen LogP contribution is 2.47. The van der Waals surface area contributed by atoms with Crippen LogP contribution in [0.25, 0.3) is 0 Å². The van der Waals surface area contributed by atoms with Gasteiger partial charge in [0.05, 0.1) is 94.0 Å². The molecule has 0 atom stereocenters. The van der Waals surface area contributed by atoms with E-state index in [9.17, 15) is 24.0 Å². The van der Waals surface area contributed by atoms with Crippen LogP contribution in [0.4, 0.5) is 118 Å². The minimum absolute atomic E-state index is 0.0855. The molecule has 12 heterocycles. The van der Waals surface area contributed by atoms with Crippen LogP contribution in [0.3, 0.4) is 0 Å². The van der Waals surface area contributed by atoms with Crippen molar-refractivity contribution in [3.05, 3.63) is 244 Å². The topological polar surface area (TPSA) is 306 Å². The van der Waals surface area contributed by atoms with Gasteiger partial charge in [-0.05, 0) is 181 Å². The fourth-order valence-electron chi connectivity index (χ4n) is 18.8.